The number of hydrogen-bond acceptors (Lipinski definition) is 5. The zero-order valence-corrected chi connectivity index (χ0v) is 13.9. The maximum atomic E-state index is 12.4. The fourth-order valence-electron chi connectivity index (χ4n) is 2.60. The quantitative estimate of drug-likeness (QED) is 0.674. The van der Waals surface area contributed by atoms with Crippen LogP contribution >= 0.6 is 0 Å². The van der Waals surface area contributed by atoms with Crippen molar-refractivity contribution in [3.05, 3.63) is 70.4 Å². The summed E-state index contributed by atoms with van der Waals surface area (Å²) in [6.45, 7) is 6.17. The van der Waals surface area contributed by atoms with Crippen LogP contribution in [0.2, 0.25) is 0 Å². The van der Waals surface area contributed by atoms with Crippen LogP contribution in [-0.2, 0) is 17.9 Å². The number of rotatable bonds is 5. The monoisotopic (exact) mass is 325 g/mol. The Labute approximate surface area is 140 Å². The second kappa shape index (κ2) is 6.70. The summed E-state index contributed by atoms with van der Waals surface area (Å²) in [6.07, 6.45) is 0. The first kappa shape index (κ1) is 16.0. The van der Waals surface area contributed by atoms with Crippen molar-refractivity contribution in [2.24, 2.45) is 0 Å². The van der Waals surface area contributed by atoms with Crippen LogP contribution < -0.4 is 0 Å². The van der Waals surface area contributed by atoms with E-state index in [1.807, 2.05) is 48.9 Å². The van der Waals surface area contributed by atoms with E-state index in [0.717, 1.165) is 11.3 Å². The van der Waals surface area contributed by atoms with Crippen LogP contribution in [0, 0.1) is 20.8 Å². The van der Waals surface area contributed by atoms with Gasteiger partial charge in [0.15, 0.2) is 0 Å². The molecule has 0 aliphatic heterocycles. The number of benzene rings is 1. The molecule has 0 radical (unpaired) electrons. The topological polar surface area (TPSA) is 70.2 Å². The highest BCUT2D eigenvalue weighted by Gasteiger charge is 2.20. The zero-order valence-electron chi connectivity index (χ0n) is 13.9. The smallest absolute Gasteiger partial charge is 0.342 e. The molecule has 1 aromatic carbocycles. The Kier molecular flexibility index (Phi) is 4.46. The molecule has 0 N–H and O–H groups in total. The van der Waals surface area contributed by atoms with Gasteiger partial charge in [-0.1, -0.05) is 35.5 Å². The summed E-state index contributed by atoms with van der Waals surface area (Å²) < 4.78 is 12.1. The van der Waals surface area contributed by atoms with Crippen molar-refractivity contribution < 1.29 is 14.1 Å². The van der Waals surface area contributed by atoms with E-state index in [-0.39, 0.29) is 6.61 Å². The van der Waals surface area contributed by atoms with Crippen molar-refractivity contribution in [3.63, 3.8) is 0 Å². The van der Waals surface area contributed by atoms with Gasteiger partial charge in [-0.2, -0.15) is 5.10 Å². The molecule has 0 unspecified atom stereocenters. The van der Waals surface area contributed by atoms with Gasteiger partial charge in [0, 0.05) is 6.07 Å². The second-order valence-electron chi connectivity index (χ2n) is 5.69. The van der Waals surface area contributed by atoms with E-state index in [0.29, 0.717) is 29.3 Å². The standard InChI is InChI=1S/C18H19N3O3/c1-12-9-16(20-24-12)11-23-18(22)17-13(2)19-21(14(17)3)10-15-7-5-4-6-8-15/h4-9H,10-11H2,1-3H3. The third-order valence-electron chi connectivity index (χ3n) is 3.79. The molecule has 2 aromatic heterocycles. The third kappa shape index (κ3) is 3.37. The van der Waals surface area contributed by atoms with Gasteiger partial charge in [-0.05, 0) is 26.3 Å². The van der Waals surface area contributed by atoms with Crippen LogP contribution in [-0.4, -0.2) is 20.9 Å². The predicted molar refractivity (Wildman–Crippen MR) is 87.6 cm³/mol. The Morgan fingerprint density at radius 3 is 2.62 bits per heavy atom. The molecule has 0 saturated heterocycles. The summed E-state index contributed by atoms with van der Waals surface area (Å²) in [5, 5.41) is 8.28. The van der Waals surface area contributed by atoms with E-state index >= 15 is 0 Å². The lowest BCUT2D eigenvalue weighted by molar-refractivity contribution is 0.0462. The molecule has 0 aliphatic rings. The van der Waals surface area contributed by atoms with Gasteiger partial charge >= 0.3 is 5.97 Å². The minimum absolute atomic E-state index is 0.0823. The molecule has 0 aliphatic carbocycles. The summed E-state index contributed by atoms with van der Waals surface area (Å²) in [7, 11) is 0. The highest BCUT2D eigenvalue weighted by Crippen LogP contribution is 2.17. The number of carbonyl (C=O) groups is 1. The van der Waals surface area contributed by atoms with E-state index in [9.17, 15) is 4.79 Å². The van der Waals surface area contributed by atoms with E-state index < -0.39 is 5.97 Å². The van der Waals surface area contributed by atoms with Gasteiger partial charge in [0.2, 0.25) is 0 Å². The van der Waals surface area contributed by atoms with Crippen molar-refractivity contribution in [3.8, 4) is 0 Å². The lowest BCUT2D eigenvalue weighted by atomic mass is 10.2. The number of nitrogens with zero attached hydrogens (tertiary/aromatic N) is 3. The molecule has 3 rings (SSSR count). The Morgan fingerprint density at radius 2 is 1.96 bits per heavy atom. The fourth-order valence-corrected chi connectivity index (χ4v) is 2.60. The van der Waals surface area contributed by atoms with Gasteiger partial charge in [-0.3, -0.25) is 4.68 Å². The molecule has 0 atom stereocenters. The highest BCUT2D eigenvalue weighted by atomic mass is 16.5. The van der Waals surface area contributed by atoms with Crippen LogP contribution in [0.3, 0.4) is 0 Å². The first-order chi connectivity index (χ1) is 11.5. The number of aryl methyl sites for hydroxylation is 2. The minimum Gasteiger partial charge on any atom is -0.455 e. The van der Waals surface area contributed by atoms with Crippen LogP contribution in [0.25, 0.3) is 0 Å². The molecule has 6 nitrogen and oxygen atoms in total. The fraction of sp³-hybridized carbons (Fsp3) is 0.278. The van der Waals surface area contributed by atoms with E-state index in [1.54, 1.807) is 13.0 Å². The summed E-state index contributed by atoms with van der Waals surface area (Å²) in [6, 6.07) is 11.7. The summed E-state index contributed by atoms with van der Waals surface area (Å²) in [5.74, 6) is 0.286. The van der Waals surface area contributed by atoms with Crippen molar-refractivity contribution in [1.29, 1.82) is 0 Å². The molecule has 0 spiro atoms. The molecule has 0 bridgehead atoms. The lowest BCUT2D eigenvalue weighted by Crippen LogP contribution is -2.09. The van der Waals surface area contributed by atoms with E-state index in [2.05, 4.69) is 10.3 Å². The SMILES string of the molecule is Cc1cc(COC(=O)c2c(C)nn(Cc3ccccc3)c2C)no1. The Hall–Kier alpha value is -2.89. The maximum Gasteiger partial charge on any atom is 0.342 e. The summed E-state index contributed by atoms with van der Waals surface area (Å²) in [4.78, 5) is 12.4. The Morgan fingerprint density at radius 1 is 1.21 bits per heavy atom. The number of aromatic nitrogens is 3. The van der Waals surface area contributed by atoms with E-state index in [4.69, 9.17) is 9.26 Å². The van der Waals surface area contributed by atoms with Crippen LogP contribution in [0.5, 0.6) is 0 Å². The summed E-state index contributed by atoms with van der Waals surface area (Å²) >= 11 is 0. The van der Waals surface area contributed by atoms with Crippen LogP contribution in [0.4, 0.5) is 0 Å². The zero-order chi connectivity index (χ0) is 17.1. The number of hydrogen-bond donors (Lipinski definition) is 0. The minimum atomic E-state index is -0.398. The number of carbonyl (C=O) groups excluding carboxylic acids is 1. The first-order valence-electron chi connectivity index (χ1n) is 7.72. The van der Waals surface area contributed by atoms with Gasteiger partial charge in [0.25, 0.3) is 0 Å². The van der Waals surface area contributed by atoms with Crippen LogP contribution in [0.1, 0.15) is 38.8 Å². The average molecular weight is 325 g/mol. The molecular formula is C18H19N3O3. The highest BCUT2D eigenvalue weighted by molar-refractivity contribution is 5.91. The largest absolute Gasteiger partial charge is 0.455 e. The van der Waals surface area contributed by atoms with Crippen molar-refractivity contribution in [2.75, 3.05) is 0 Å². The molecule has 24 heavy (non-hydrogen) atoms. The van der Waals surface area contributed by atoms with Crippen molar-refractivity contribution in [1.82, 2.24) is 14.9 Å². The molecule has 0 amide bonds. The first-order valence-corrected chi connectivity index (χ1v) is 7.72. The Bertz CT molecular complexity index is 850. The average Bonchev–Trinajstić information content (AvgIpc) is 3.10. The number of esters is 1. The normalized spacial score (nSPS) is 10.8. The van der Waals surface area contributed by atoms with Crippen molar-refractivity contribution >= 4 is 5.97 Å². The van der Waals surface area contributed by atoms with Crippen LogP contribution in [0.15, 0.2) is 40.9 Å². The molecular weight excluding hydrogens is 306 g/mol. The van der Waals surface area contributed by atoms with Gasteiger partial charge in [0.05, 0.1) is 17.9 Å². The molecule has 0 saturated carbocycles. The van der Waals surface area contributed by atoms with Gasteiger partial charge in [-0.25, -0.2) is 4.79 Å². The molecule has 6 heteroatoms. The lowest BCUT2D eigenvalue weighted by Gasteiger charge is -2.06. The Balaban J connectivity index is 1.74. The molecule has 3 aromatic rings. The van der Waals surface area contributed by atoms with Gasteiger partial charge in [-0.15, -0.1) is 0 Å². The predicted octanol–water partition coefficient (Wildman–Crippen LogP) is 3.20. The maximum absolute atomic E-state index is 12.4. The molecule has 2 heterocycles. The number of ether oxygens (including phenoxy) is 1. The van der Waals surface area contributed by atoms with Gasteiger partial charge in [0.1, 0.15) is 23.6 Å². The summed E-state index contributed by atoms with van der Waals surface area (Å²) in [5.41, 5.74) is 3.67. The second-order valence-corrected chi connectivity index (χ2v) is 5.69. The molecule has 124 valence electrons. The van der Waals surface area contributed by atoms with Crippen molar-refractivity contribution in [2.45, 2.75) is 33.9 Å². The van der Waals surface area contributed by atoms with Gasteiger partial charge < -0.3 is 9.26 Å². The molecule has 0 fully saturated rings. The van der Waals surface area contributed by atoms with E-state index in [1.165, 1.54) is 0 Å². The third-order valence-corrected chi connectivity index (χ3v) is 3.79.